The number of ether oxygens (including phenoxy) is 1. The first-order valence-electron chi connectivity index (χ1n) is 7.40. The minimum atomic E-state index is -3.55. The molecule has 10 heteroatoms. The molecule has 138 valence electrons. The van der Waals surface area contributed by atoms with Crippen molar-refractivity contribution in [1.29, 1.82) is 0 Å². The molecule has 0 atom stereocenters. The van der Waals surface area contributed by atoms with E-state index in [1.54, 1.807) is 6.07 Å². The molecule has 2 aromatic rings. The summed E-state index contributed by atoms with van der Waals surface area (Å²) in [7, 11) is -0.706. The second kappa shape index (κ2) is 7.93. The Balaban J connectivity index is 2.00. The summed E-state index contributed by atoms with van der Waals surface area (Å²) in [6, 6.07) is 11.3. The third-order valence-electron chi connectivity index (χ3n) is 3.34. The van der Waals surface area contributed by atoms with Crippen LogP contribution in [0.5, 0.6) is 5.75 Å². The number of nitro groups is 1. The van der Waals surface area contributed by atoms with E-state index in [0.29, 0.717) is 5.69 Å². The first-order chi connectivity index (χ1) is 12.2. The van der Waals surface area contributed by atoms with E-state index in [0.717, 1.165) is 4.31 Å². The molecule has 0 aromatic heterocycles. The zero-order valence-corrected chi connectivity index (χ0v) is 14.9. The highest BCUT2D eigenvalue weighted by molar-refractivity contribution is 7.89. The Kier molecular flexibility index (Phi) is 5.90. The average molecular weight is 379 g/mol. The Morgan fingerprint density at radius 2 is 1.77 bits per heavy atom. The molecule has 0 saturated carbocycles. The summed E-state index contributed by atoms with van der Waals surface area (Å²) in [5.41, 5.74) is 0.136. The number of nitrogens with zero attached hydrogens (tertiary/aromatic N) is 2. The van der Waals surface area contributed by atoms with E-state index >= 15 is 0 Å². The van der Waals surface area contributed by atoms with Crippen LogP contribution in [0.4, 0.5) is 11.4 Å². The van der Waals surface area contributed by atoms with E-state index in [1.165, 1.54) is 56.6 Å². The van der Waals surface area contributed by atoms with E-state index in [2.05, 4.69) is 5.32 Å². The summed E-state index contributed by atoms with van der Waals surface area (Å²) < 4.78 is 30.2. The molecule has 26 heavy (non-hydrogen) atoms. The fourth-order valence-electron chi connectivity index (χ4n) is 1.99. The Morgan fingerprint density at radius 1 is 1.15 bits per heavy atom. The van der Waals surface area contributed by atoms with Crippen LogP contribution in [0, 0.1) is 10.1 Å². The van der Waals surface area contributed by atoms with Gasteiger partial charge in [-0.15, -0.1) is 0 Å². The van der Waals surface area contributed by atoms with Gasteiger partial charge >= 0.3 is 5.69 Å². The summed E-state index contributed by atoms with van der Waals surface area (Å²) in [5.74, 6) is -0.550. The lowest BCUT2D eigenvalue weighted by Gasteiger charge is -2.12. The number of nitro benzene ring substituents is 1. The van der Waals surface area contributed by atoms with Crippen molar-refractivity contribution in [2.45, 2.75) is 4.90 Å². The van der Waals surface area contributed by atoms with Gasteiger partial charge in [0.15, 0.2) is 12.4 Å². The molecule has 0 heterocycles. The first-order valence-corrected chi connectivity index (χ1v) is 8.84. The summed E-state index contributed by atoms with van der Waals surface area (Å²) in [5, 5.41) is 13.4. The molecule has 0 spiro atoms. The van der Waals surface area contributed by atoms with Gasteiger partial charge in [0.05, 0.1) is 9.82 Å². The van der Waals surface area contributed by atoms with Crippen LogP contribution in [0.3, 0.4) is 0 Å². The van der Waals surface area contributed by atoms with Crippen molar-refractivity contribution >= 4 is 27.3 Å². The maximum Gasteiger partial charge on any atom is 0.310 e. The molecule has 2 aromatic carbocycles. The van der Waals surface area contributed by atoms with Crippen LogP contribution in [-0.4, -0.2) is 44.3 Å². The van der Waals surface area contributed by atoms with Gasteiger partial charge in [-0.05, 0) is 30.3 Å². The summed E-state index contributed by atoms with van der Waals surface area (Å²) in [6.07, 6.45) is 0. The summed E-state index contributed by atoms with van der Waals surface area (Å²) in [4.78, 5) is 22.3. The highest BCUT2D eigenvalue weighted by Crippen LogP contribution is 2.25. The quantitative estimate of drug-likeness (QED) is 0.579. The van der Waals surface area contributed by atoms with Crippen molar-refractivity contribution < 1.29 is 22.9 Å². The standard InChI is InChI=1S/C16H17N3O6S/c1-18(2)26(23,24)13-9-7-12(8-10-13)17-16(20)11-25-15-6-4-3-5-14(15)19(21)22/h3-10H,11H2,1-2H3,(H,17,20). The van der Waals surface area contributed by atoms with Gasteiger partial charge in [0, 0.05) is 25.8 Å². The number of rotatable bonds is 7. The van der Waals surface area contributed by atoms with E-state index in [9.17, 15) is 23.3 Å². The van der Waals surface area contributed by atoms with E-state index in [-0.39, 0.29) is 16.3 Å². The molecular weight excluding hydrogens is 362 g/mol. The predicted octanol–water partition coefficient (Wildman–Crippen LogP) is 1.86. The van der Waals surface area contributed by atoms with Crippen LogP contribution in [0.25, 0.3) is 0 Å². The van der Waals surface area contributed by atoms with Crippen LogP contribution in [-0.2, 0) is 14.8 Å². The van der Waals surface area contributed by atoms with Gasteiger partial charge in [0.2, 0.25) is 10.0 Å². The third-order valence-corrected chi connectivity index (χ3v) is 5.17. The van der Waals surface area contributed by atoms with Crippen molar-refractivity contribution in [3.8, 4) is 5.75 Å². The normalized spacial score (nSPS) is 11.2. The van der Waals surface area contributed by atoms with Crippen LogP contribution in [0.15, 0.2) is 53.4 Å². The predicted molar refractivity (Wildman–Crippen MR) is 94.5 cm³/mol. The molecule has 0 aliphatic carbocycles. The number of hydrogen-bond donors (Lipinski definition) is 1. The van der Waals surface area contributed by atoms with Gasteiger partial charge in [-0.3, -0.25) is 14.9 Å². The fourth-order valence-corrected chi connectivity index (χ4v) is 2.89. The van der Waals surface area contributed by atoms with Gasteiger partial charge in [0.1, 0.15) is 0 Å². The van der Waals surface area contributed by atoms with Crippen molar-refractivity contribution in [3.05, 3.63) is 58.6 Å². The van der Waals surface area contributed by atoms with Crippen molar-refractivity contribution in [2.24, 2.45) is 0 Å². The molecule has 9 nitrogen and oxygen atoms in total. The molecule has 0 aliphatic heterocycles. The fraction of sp³-hybridized carbons (Fsp3) is 0.188. The number of benzene rings is 2. The maximum absolute atomic E-state index is 12.0. The number of sulfonamides is 1. The van der Waals surface area contributed by atoms with Crippen molar-refractivity contribution in [3.63, 3.8) is 0 Å². The van der Waals surface area contributed by atoms with Crippen molar-refractivity contribution in [1.82, 2.24) is 4.31 Å². The number of nitrogens with one attached hydrogen (secondary N) is 1. The number of hydrogen-bond acceptors (Lipinski definition) is 6. The van der Waals surface area contributed by atoms with Gasteiger partial charge < -0.3 is 10.1 Å². The zero-order valence-electron chi connectivity index (χ0n) is 14.1. The van der Waals surface area contributed by atoms with Gasteiger partial charge in [-0.25, -0.2) is 12.7 Å². The Labute approximate surface area is 150 Å². The van der Waals surface area contributed by atoms with Gasteiger partial charge in [-0.2, -0.15) is 0 Å². The first kappa shape index (κ1) is 19.3. The number of carbonyl (C=O) groups excluding carboxylic acids is 1. The third kappa shape index (κ3) is 4.55. The number of carbonyl (C=O) groups is 1. The SMILES string of the molecule is CN(C)S(=O)(=O)c1ccc(NC(=O)COc2ccccc2[N+](=O)[O-])cc1. The minimum absolute atomic E-state index is 0.0138. The second-order valence-electron chi connectivity index (χ2n) is 5.37. The number of para-hydroxylation sites is 2. The lowest BCUT2D eigenvalue weighted by molar-refractivity contribution is -0.385. The average Bonchev–Trinajstić information content (AvgIpc) is 2.60. The number of amides is 1. The van der Waals surface area contributed by atoms with Gasteiger partial charge in [-0.1, -0.05) is 12.1 Å². The highest BCUT2D eigenvalue weighted by Gasteiger charge is 2.17. The maximum atomic E-state index is 12.0. The lowest BCUT2D eigenvalue weighted by Crippen LogP contribution is -2.22. The Morgan fingerprint density at radius 3 is 2.35 bits per heavy atom. The van der Waals surface area contributed by atoms with E-state index in [1.807, 2.05) is 0 Å². The van der Waals surface area contributed by atoms with Crippen molar-refractivity contribution in [2.75, 3.05) is 26.0 Å². The Hall–Kier alpha value is -2.98. The molecule has 0 radical (unpaired) electrons. The summed E-state index contributed by atoms with van der Waals surface area (Å²) >= 11 is 0. The largest absolute Gasteiger partial charge is 0.477 e. The monoisotopic (exact) mass is 379 g/mol. The van der Waals surface area contributed by atoms with Crippen LogP contribution >= 0.6 is 0 Å². The topological polar surface area (TPSA) is 119 Å². The van der Waals surface area contributed by atoms with Gasteiger partial charge in [0.25, 0.3) is 5.91 Å². The number of anilines is 1. The lowest BCUT2D eigenvalue weighted by atomic mass is 10.3. The Bertz CT molecular complexity index is 910. The second-order valence-corrected chi connectivity index (χ2v) is 7.53. The molecule has 2 rings (SSSR count). The molecular formula is C16H17N3O6S. The molecule has 1 amide bonds. The van der Waals surface area contributed by atoms with E-state index in [4.69, 9.17) is 4.74 Å². The molecule has 1 N–H and O–H groups in total. The zero-order chi connectivity index (χ0) is 19.3. The smallest absolute Gasteiger partial charge is 0.310 e. The minimum Gasteiger partial charge on any atom is -0.477 e. The molecule has 0 unspecified atom stereocenters. The van der Waals surface area contributed by atoms with E-state index < -0.39 is 27.5 Å². The molecule has 0 bridgehead atoms. The molecule has 0 aliphatic rings. The van der Waals surface area contributed by atoms with Crippen LogP contribution in [0.2, 0.25) is 0 Å². The van der Waals surface area contributed by atoms with Crippen LogP contribution < -0.4 is 10.1 Å². The van der Waals surface area contributed by atoms with Crippen LogP contribution in [0.1, 0.15) is 0 Å². The molecule has 0 fully saturated rings. The highest BCUT2D eigenvalue weighted by atomic mass is 32.2. The summed E-state index contributed by atoms with van der Waals surface area (Å²) in [6.45, 7) is -0.428. The molecule has 0 saturated heterocycles.